The highest BCUT2D eigenvalue weighted by molar-refractivity contribution is 5.68. The summed E-state index contributed by atoms with van der Waals surface area (Å²) in [5.41, 5.74) is 0.494. The van der Waals surface area contributed by atoms with Crippen molar-refractivity contribution in [2.45, 2.75) is 51.0 Å². The van der Waals surface area contributed by atoms with Crippen molar-refractivity contribution >= 4 is 12.2 Å². The number of nitrogens with zero attached hydrogens (tertiary/aromatic N) is 1. The number of ether oxygens (including phenoxy) is 2. The fourth-order valence-electron chi connectivity index (χ4n) is 3.74. The summed E-state index contributed by atoms with van der Waals surface area (Å²) < 4.78 is 10.9. The maximum atomic E-state index is 11.9. The third-order valence-electron chi connectivity index (χ3n) is 5.44. The lowest BCUT2D eigenvalue weighted by molar-refractivity contribution is 0.0445. The fraction of sp³-hybridized carbons (Fsp3) is 0.650. The molecule has 2 amide bonds. The van der Waals surface area contributed by atoms with Crippen LogP contribution in [-0.2, 0) is 15.9 Å². The molecule has 1 aliphatic carbocycles. The summed E-state index contributed by atoms with van der Waals surface area (Å²) in [5, 5.41) is 2.70. The van der Waals surface area contributed by atoms with Crippen molar-refractivity contribution in [3.8, 4) is 0 Å². The van der Waals surface area contributed by atoms with Gasteiger partial charge < -0.3 is 24.7 Å². The molecule has 1 saturated heterocycles. The molecule has 2 fully saturated rings. The molecule has 2 N–H and O–H groups in total. The predicted octanol–water partition coefficient (Wildman–Crippen LogP) is 2.43. The molecule has 1 aromatic heterocycles. The Bertz CT molecular complexity index is 706. The fourth-order valence-corrected chi connectivity index (χ4v) is 3.74. The summed E-state index contributed by atoms with van der Waals surface area (Å²) in [6, 6.07) is 3.50. The molecule has 0 bridgehead atoms. The van der Waals surface area contributed by atoms with Crippen molar-refractivity contribution in [2.75, 3.05) is 26.2 Å². The largest absolute Gasteiger partial charge is 0.449 e. The first-order chi connectivity index (χ1) is 13.6. The highest BCUT2D eigenvalue weighted by Crippen LogP contribution is 2.26. The lowest BCUT2D eigenvalue weighted by Gasteiger charge is -2.28. The molecule has 2 aliphatic rings. The average Bonchev–Trinajstić information content (AvgIpc) is 3.24. The Kier molecular flexibility index (Phi) is 7.33. The number of alkyl carbamates (subject to hydrolysis) is 1. The molecule has 0 aromatic carbocycles. The molecular weight excluding hydrogens is 362 g/mol. The van der Waals surface area contributed by atoms with Gasteiger partial charge >= 0.3 is 12.2 Å². The van der Waals surface area contributed by atoms with E-state index in [-0.39, 0.29) is 17.8 Å². The Balaban J connectivity index is 1.28. The number of hydrogen-bond donors (Lipinski definition) is 2. The molecule has 8 heteroatoms. The molecule has 0 unspecified atom stereocenters. The van der Waals surface area contributed by atoms with Gasteiger partial charge in [-0.25, -0.2) is 9.59 Å². The van der Waals surface area contributed by atoms with Crippen LogP contribution < -0.4 is 10.9 Å². The van der Waals surface area contributed by atoms with Crippen LogP contribution in [0.5, 0.6) is 0 Å². The van der Waals surface area contributed by atoms with E-state index in [0.717, 1.165) is 51.6 Å². The predicted molar refractivity (Wildman–Crippen MR) is 103 cm³/mol. The average molecular weight is 391 g/mol. The van der Waals surface area contributed by atoms with Gasteiger partial charge in [0.1, 0.15) is 6.10 Å². The first-order valence-corrected chi connectivity index (χ1v) is 10.1. The van der Waals surface area contributed by atoms with Gasteiger partial charge in [0.15, 0.2) is 0 Å². The highest BCUT2D eigenvalue weighted by Gasteiger charge is 2.26. The standard InChI is InChI=1S/C20H29N3O5/c24-18-16(4-3-10-21-18)9-11-22-19(25)28-17-7-5-15(6-8-17)14-27-20(26)23-12-1-2-13-23/h3-4,10,15,17H,1-2,5-9,11-14H2,(H,21,24)(H,22,25). The molecule has 8 nitrogen and oxygen atoms in total. The van der Waals surface area contributed by atoms with Gasteiger partial charge in [-0.3, -0.25) is 4.79 Å². The van der Waals surface area contributed by atoms with E-state index < -0.39 is 6.09 Å². The minimum atomic E-state index is -0.448. The Morgan fingerprint density at radius 1 is 1.18 bits per heavy atom. The Morgan fingerprint density at radius 3 is 2.64 bits per heavy atom. The van der Waals surface area contributed by atoms with Gasteiger partial charge in [-0.15, -0.1) is 0 Å². The van der Waals surface area contributed by atoms with Crippen LogP contribution in [0, 0.1) is 5.92 Å². The van der Waals surface area contributed by atoms with Gasteiger partial charge in [0.2, 0.25) is 0 Å². The monoisotopic (exact) mass is 391 g/mol. The molecule has 3 rings (SSSR count). The molecule has 2 heterocycles. The number of carbonyl (C=O) groups is 2. The van der Waals surface area contributed by atoms with Crippen molar-refractivity contribution in [3.05, 3.63) is 34.2 Å². The van der Waals surface area contributed by atoms with Crippen molar-refractivity contribution in [1.82, 2.24) is 15.2 Å². The normalized spacial score (nSPS) is 21.9. The van der Waals surface area contributed by atoms with Crippen LogP contribution in [0.15, 0.2) is 23.1 Å². The number of pyridine rings is 1. The number of carbonyl (C=O) groups excluding carboxylic acids is 2. The lowest BCUT2D eigenvalue weighted by Crippen LogP contribution is -2.34. The van der Waals surface area contributed by atoms with Gasteiger partial charge in [0.05, 0.1) is 6.61 Å². The number of aromatic amines is 1. The van der Waals surface area contributed by atoms with E-state index in [4.69, 9.17) is 9.47 Å². The lowest BCUT2D eigenvalue weighted by atomic mass is 9.88. The third kappa shape index (κ3) is 6.00. The van der Waals surface area contributed by atoms with Gasteiger partial charge in [-0.1, -0.05) is 6.07 Å². The summed E-state index contributed by atoms with van der Waals surface area (Å²) >= 11 is 0. The Morgan fingerprint density at radius 2 is 1.93 bits per heavy atom. The number of rotatable bonds is 6. The molecule has 1 aliphatic heterocycles. The quantitative estimate of drug-likeness (QED) is 0.776. The van der Waals surface area contributed by atoms with Crippen molar-refractivity contribution in [2.24, 2.45) is 5.92 Å². The molecule has 0 atom stereocenters. The number of nitrogens with one attached hydrogen (secondary N) is 2. The minimum Gasteiger partial charge on any atom is -0.449 e. The second-order valence-corrected chi connectivity index (χ2v) is 7.52. The molecule has 1 saturated carbocycles. The van der Waals surface area contributed by atoms with Gasteiger partial charge in [0.25, 0.3) is 5.56 Å². The van der Waals surface area contributed by atoms with Gasteiger partial charge in [0, 0.05) is 31.4 Å². The number of amides is 2. The van der Waals surface area contributed by atoms with Crippen LogP contribution in [0.1, 0.15) is 44.1 Å². The Hall–Kier alpha value is -2.51. The van der Waals surface area contributed by atoms with E-state index in [9.17, 15) is 14.4 Å². The SMILES string of the molecule is O=C(NCCc1ccc[nH]c1=O)OC1CCC(COC(=O)N2CCCC2)CC1. The van der Waals surface area contributed by atoms with E-state index >= 15 is 0 Å². The van der Waals surface area contributed by atoms with E-state index in [1.165, 1.54) is 0 Å². The summed E-state index contributed by atoms with van der Waals surface area (Å²) in [6.07, 6.45) is 6.71. The summed E-state index contributed by atoms with van der Waals surface area (Å²) in [5.74, 6) is 0.333. The zero-order valence-corrected chi connectivity index (χ0v) is 16.2. The van der Waals surface area contributed by atoms with Crippen molar-refractivity contribution in [1.29, 1.82) is 0 Å². The van der Waals surface area contributed by atoms with Gasteiger partial charge in [-0.05, 0) is 56.9 Å². The molecule has 0 spiro atoms. The number of likely N-dealkylation sites (tertiary alicyclic amines) is 1. The van der Waals surface area contributed by atoms with Crippen LogP contribution in [0.2, 0.25) is 0 Å². The summed E-state index contributed by atoms with van der Waals surface area (Å²) in [4.78, 5) is 39.8. The van der Waals surface area contributed by atoms with Crippen LogP contribution in [0.4, 0.5) is 9.59 Å². The maximum absolute atomic E-state index is 11.9. The summed E-state index contributed by atoms with van der Waals surface area (Å²) in [6.45, 7) is 2.40. The number of H-pyrrole nitrogens is 1. The summed E-state index contributed by atoms with van der Waals surface area (Å²) in [7, 11) is 0. The molecule has 1 aromatic rings. The first kappa shape index (κ1) is 20.2. The minimum absolute atomic E-state index is 0.106. The second-order valence-electron chi connectivity index (χ2n) is 7.52. The van der Waals surface area contributed by atoms with Crippen LogP contribution in [0.25, 0.3) is 0 Å². The zero-order valence-electron chi connectivity index (χ0n) is 16.2. The maximum Gasteiger partial charge on any atom is 0.409 e. The van der Waals surface area contributed by atoms with E-state index in [2.05, 4.69) is 10.3 Å². The molecule has 0 radical (unpaired) electrons. The smallest absolute Gasteiger partial charge is 0.409 e. The van der Waals surface area contributed by atoms with Crippen LogP contribution >= 0.6 is 0 Å². The topological polar surface area (TPSA) is 101 Å². The third-order valence-corrected chi connectivity index (χ3v) is 5.44. The Labute approximate surface area is 164 Å². The number of hydrogen-bond acceptors (Lipinski definition) is 5. The second kappa shape index (κ2) is 10.1. The number of aromatic nitrogens is 1. The molecular formula is C20H29N3O5. The molecule has 154 valence electrons. The van der Waals surface area contributed by atoms with E-state index in [1.54, 1.807) is 23.2 Å². The first-order valence-electron chi connectivity index (χ1n) is 10.1. The molecule has 28 heavy (non-hydrogen) atoms. The van der Waals surface area contributed by atoms with E-state index in [1.807, 2.05) is 0 Å². The van der Waals surface area contributed by atoms with Crippen molar-refractivity contribution < 1.29 is 19.1 Å². The highest BCUT2D eigenvalue weighted by atomic mass is 16.6. The zero-order chi connectivity index (χ0) is 19.8. The van der Waals surface area contributed by atoms with Crippen LogP contribution in [-0.4, -0.2) is 54.4 Å². The van der Waals surface area contributed by atoms with E-state index in [0.29, 0.717) is 31.1 Å². The van der Waals surface area contributed by atoms with Crippen LogP contribution in [0.3, 0.4) is 0 Å². The van der Waals surface area contributed by atoms with Crippen molar-refractivity contribution in [3.63, 3.8) is 0 Å². The van der Waals surface area contributed by atoms with Gasteiger partial charge in [-0.2, -0.15) is 0 Å².